The van der Waals surface area contributed by atoms with E-state index >= 15 is 0 Å². The maximum absolute atomic E-state index is 12.4. The van der Waals surface area contributed by atoms with Gasteiger partial charge >= 0.3 is 37.4 Å². The van der Waals surface area contributed by atoms with Gasteiger partial charge in [0, 0.05) is 5.41 Å². The number of allylic oxidation sites excluding steroid dienone is 3. The molecule has 0 spiro atoms. The van der Waals surface area contributed by atoms with Crippen LogP contribution in [0.1, 0.15) is 71.9 Å². The fourth-order valence-corrected chi connectivity index (χ4v) is 5.05. The first-order valence-corrected chi connectivity index (χ1v) is 11.0. The van der Waals surface area contributed by atoms with Gasteiger partial charge in [0.2, 0.25) is 0 Å². The predicted octanol–water partition coefficient (Wildman–Crippen LogP) is 2.85. The summed E-state index contributed by atoms with van der Waals surface area (Å²) in [5.41, 5.74) is 1.78. The Kier molecular flexibility index (Phi) is 6.48. The maximum Gasteiger partial charge on any atom is 1.00 e. The van der Waals surface area contributed by atoms with Crippen LogP contribution in [0, 0.1) is 10.8 Å². The average Bonchev–Trinajstić information content (AvgIpc) is 2.52. The first-order valence-electron chi connectivity index (χ1n) is 9.49. The largest absolute Gasteiger partial charge is 1.00 e. The first-order chi connectivity index (χ1) is 12.3. The second kappa shape index (κ2) is 7.63. The fourth-order valence-electron chi connectivity index (χ4n) is 4.21. The van der Waals surface area contributed by atoms with Gasteiger partial charge in [0.25, 0.3) is 0 Å². The summed E-state index contributed by atoms with van der Waals surface area (Å²) in [5, 5.41) is 0. The molecule has 1 aromatic rings. The van der Waals surface area contributed by atoms with E-state index in [1.165, 1.54) is 0 Å². The van der Waals surface area contributed by atoms with E-state index in [4.69, 9.17) is 9.05 Å². The third-order valence-electron chi connectivity index (χ3n) is 6.12. The second-order valence-corrected chi connectivity index (χ2v) is 11.0. The van der Waals surface area contributed by atoms with Crippen molar-refractivity contribution >= 4 is 7.82 Å². The smallest absolute Gasteiger partial charge is 0.736 e. The molecule has 0 saturated carbocycles. The zero-order chi connectivity index (χ0) is 20.3. The molecule has 0 aromatic heterocycles. The van der Waals surface area contributed by atoms with Crippen molar-refractivity contribution in [3.8, 4) is 5.75 Å². The van der Waals surface area contributed by atoms with Crippen LogP contribution in [0.3, 0.4) is 0 Å². The minimum atomic E-state index is -4.50. The van der Waals surface area contributed by atoms with Crippen LogP contribution in [0.4, 0.5) is 0 Å². The van der Waals surface area contributed by atoms with E-state index in [0.717, 1.165) is 11.1 Å². The van der Waals surface area contributed by atoms with Crippen LogP contribution in [-0.2, 0) is 14.5 Å². The SMILES string of the molecule is CC1c2cc(C(C)(C)C)ccc2OP(=O)([O-])OC2=CCC1(C(C)(C)C)C=C2.[Na+]. The Hall–Kier alpha value is -0.510. The van der Waals surface area contributed by atoms with Gasteiger partial charge in [-0.25, -0.2) is 4.57 Å². The van der Waals surface area contributed by atoms with Gasteiger partial charge < -0.3 is 13.9 Å². The van der Waals surface area contributed by atoms with Gasteiger partial charge in [-0.15, -0.1) is 0 Å². The van der Waals surface area contributed by atoms with Crippen LogP contribution >= 0.6 is 7.82 Å². The quantitative estimate of drug-likeness (QED) is 0.486. The fraction of sp³-hybridized carbons (Fsp3) is 0.545. The Bertz CT molecular complexity index is 860. The summed E-state index contributed by atoms with van der Waals surface area (Å²) < 4.78 is 23.0. The summed E-state index contributed by atoms with van der Waals surface area (Å²) >= 11 is 0. The number of hydrogen-bond donors (Lipinski definition) is 0. The van der Waals surface area contributed by atoms with Crippen molar-refractivity contribution in [1.29, 1.82) is 0 Å². The topological polar surface area (TPSA) is 58.6 Å². The van der Waals surface area contributed by atoms with E-state index < -0.39 is 7.82 Å². The number of fused-ring (bicyclic) bond motifs is 3. The third-order valence-corrected chi connectivity index (χ3v) is 6.98. The number of phosphoric ester groups is 1. The van der Waals surface area contributed by atoms with E-state index in [1.807, 2.05) is 12.1 Å². The molecule has 2 bridgehead atoms. The molecule has 4 rings (SSSR count). The van der Waals surface area contributed by atoms with E-state index in [2.05, 4.69) is 60.6 Å². The summed E-state index contributed by atoms with van der Waals surface area (Å²) in [6.45, 7) is 15.3. The molecule has 0 radical (unpaired) electrons. The molecule has 1 aromatic carbocycles. The molecule has 2 heterocycles. The molecule has 2 aliphatic heterocycles. The van der Waals surface area contributed by atoms with E-state index in [9.17, 15) is 9.46 Å². The van der Waals surface area contributed by atoms with Gasteiger partial charge in [0.15, 0.2) is 0 Å². The Morgan fingerprint density at radius 2 is 1.79 bits per heavy atom. The van der Waals surface area contributed by atoms with Crippen molar-refractivity contribution in [1.82, 2.24) is 0 Å². The molecule has 0 saturated heterocycles. The van der Waals surface area contributed by atoms with Crippen molar-refractivity contribution < 1.29 is 48.1 Å². The van der Waals surface area contributed by atoms with Crippen molar-refractivity contribution in [3.63, 3.8) is 0 Å². The van der Waals surface area contributed by atoms with Gasteiger partial charge in [0.1, 0.15) is 11.5 Å². The summed E-state index contributed by atoms with van der Waals surface area (Å²) in [7, 11) is -4.50. The van der Waals surface area contributed by atoms with Gasteiger partial charge in [0.05, 0.1) is 0 Å². The van der Waals surface area contributed by atoms with Crippen molar-refractivity contribution in [2.45, 2.75) is 66.2 Å². The zero-order valence-corrected chi connectivity index (χ0v) is 21.2. The minimum Gasteiger partial charge on any atom is -0.736 e. The van der Waals surface area contributed by atoms with Crippen LogP contribution in [-0.4, -0.2) is 0 Å². The average molecular weight is 412 g/mol. The van der Waals surface area contributed by atoms with Crippen LogP contribution in [0.15, 0.2) is 42.2 Å². The van der Waals surface area contributed by atoms with Crippen LogP contribution in [0.25, 0.3) is 0 Å². The van der Waals surface area contributed by atoms with Crippen LogP contribution < -0.4 is 39.0 Å². The van der Waals surface area contributed by atoms with Crippen molar-refractivity contribution in [2.75, 3.05) is 0 Å². The summed E-state index contributed by atoms with van der Waals surface area (Å²) in [5.74, 6) is 0.746. The minimum absolute atomic E-state index is 0. The first kappa shape index (κ1) is 23.8. The molecule has 0 amide bonds. The van der Waals surface area contributed by atoms with Crippen LogP contribution in [0.5, 0.6) is 5.75 Å². The van der Waals surface area contributed by atoms with Crippen molar-refractivity contribution in [3.05, 3.63) is 53.3 Å². The van der Waals surface area contributed by atoms with E-state index in [0.29, 0.717) is 17.9 Å². The Morgan fingerprint density at radius 3 is 2.29 bits per heavy atom. The molecule has 0 fully saturated rings. The number of hydrogen-bond acceptors (Lipinski definition) is 4. The van der Waals surface area contributed by atoms with Gasteiger partial charge in [-0.1, -0.05) is 66.7 Å². The Morgan fingerprint density at radius 1 is 1.14 bits per heavy atom. The molecular formula is C22H30NaO4P. The number of benzene rings is 1. The zero-order valence-electron chi connectivity index (χ0n) is 18.3. The molecule has 3 unspecified atom stereocenters. The maximum atomic E-state index is 12.4. The normalized spacial score (nSPS) is 29.7. The van der Waals surface area contributed by atoms with Gasteiger partial charge in [-0.05, 0) is 52.5 Å². The van der Waals surface area contributed by atoms with Crippen molar-refractivity contribution in [2.24, 2.45) is 10.8 Å². The summed E-state index contributed by atoms with van der Waals surface area (Å²) in [6, 6.07) is 5.81. The van der Waals surface area contributed by atoms with Crippen LogP contribution in [0.2, 0.25) is 0 Å². The second-order valence-electron chi connectivity index (χ2n) is 9.79. The molecule has 6 heteroatoms. The van der Waals surface area contributed by atoms with E-state index in [-0.39, 0.29) is 51.7 Å². The molecule has 3 aliphatic rings. The number of rotatable bonds is 0. The number of phosphoric acid groups is 1. The Balaban J connectivity index is 0.00000280. The predicted molar refractivity (Wildman–Crippen MR) is 107 cm³/mol. The molecule has 0 N–H and O–H groups in total. The Labute approximate surface area is 191 Å². The molecule has 1 aliphatic carbocycles. The van der Waals surface area contributed by atoms with E-state index in [1.54, 1.807) is 12.1 Å². The summed E-state index contributed by atoms with van der Waals surface area (Å²) in [4.78, 5) is 12.4. The third kappa shape index (κ3) is 4.32. The molecule has 28 heavy (non-hydrogen) atoms. The molecule has 4 nitrogen and oxygen atoms in total. The monoisotopic (exact) mass is 412 g/mol. The molecule has 148 valence electrons. The summed E-state index contributed by atoms with van der Waals surface area (Å²) in [6.07, 6.45) is 6.49. The van der Waals surface area contributed by atoms with Gasteiger partial charge in [-0.3, -0.25) is 0 Å². The molecule has 3 atom stereocenters. The molecular weight excluding hydrogens is 382 g/mol. The van der Waals surface area contributed by atoms with Gasteiger partial charge in [-0.2, -0.15) is 0 Å². The standard InChI is InChI=1S/C22H31O4P.Na/c1-15-18-14-16(20(2,3)4)8-9-19(18)26-27(23,24)25-17-10-12-22(15,13-11-17)21(5,6)7;/h8-12,14-15H,13H2,1-7H3,(H,23,24);/q;+1/p-1.